The number of carbonyl (C=O) groups is 2. The molecule has 10 heteroatoms. The summed E-state index contributed by atoms with van der Waals surface area (Å²) < 4.78 is 0. The van der Waals surface area contributed by atoms with Crippen LogP contribution in [0, 0.1) is 24.0 Å². The van der Waals surface area contributed by atoms with Crippen LogP contribution < -0.4 is 4.90 Å². The second-order valence-corrected chi connectivity index (χ2v) is 8.76. The van der Waals surface area contributed by atoms with E-state index < -0.39 is 28.4 Å². The van der Waals surface area contributed by atoms with Gasteiger partial charge in [0.25, 0.3) is 11.6 Å². The largest absolute Gasteiger partial charge is 0.503 e. The zero-order valence-corrected chi connectivity index (χ0v) is 17.5. The first-order valence-electron chi connectivity index (χ1n) is 8.83. The van der Waals surface area contributed by atoms with Gasteiger partial charge in [0.2, 0.25) is 5.78 Å². The molecule has 0 spiro atoms. The van der Waals surface area contributed by atoms with Crippen molar-refractivity contribution in [3.63, 3.8) is 0 Å². The summed E-state index contributed by atoms with van der Waals surface area (Å²) in [5.74, 6) is -1.83. The van der Waals surface area contributed by atoms with Crippen molar-refractivity contribution in [3.8, 4) is 0 Å². The number of benzene rings is 1. The van der Waals surface area contributed by atoms with Crippen molar-refractivity contribution in [3.05, 3.63) is 84.2 Å². The number of aromatic nitrogens is 1. The van der Waals surface area contributed by atoms with Crippen molar-refractivity contribution >= 4 is 45.2 Å². The number of Topliss-reactive ketones (excluding diaryl/α,β-unsaturated/α-hetero) is 1. The molecule has 3 heterocycles. The van der Waals surface area contributed by atoms with Gasteiger partial charge in [0.05, 0.1) is 27.1 Å². The number of hydrogen-bond acceptors (Lipinski definition) is 8. The van der Waals surface area contributed by atoms with Crippen LogP contribution >= 0.6 is 22.7 Å². The van der Waals surface area contributed by atoms with E-state index in [1.54, 1.807) is 17.5 Å². The Morgan fingerprint density at radius 2 is 1.93 bits per heavy atom. The number of nitro groups is 1. The highest BCUT2D eigenvalue weighted by Gasteiger charge is 2.46. The minimum atomic E-state index is -0.946. The number of thiophene rings is 1. The van der Waals surface area contributed by atoms with Crippen molar-refractivity contribution < 1.29 is 19.6 Å². The molecule has 1 aliphatic heterocycles. The monoisotopic (exact) mass is 441 g/mol. The van der Waals surface area contributed by atoms with Gasteiger partial charge in [-0.15, -0.1) is 22.7 Å². The molecule has 152 valence electrons. The molecule has 3 aromatic rings. The second-order valence-electron chi connectivity index (χ2n) is 6.63. The summed E-state index contributed by atoms with van der Waals surface area (Å²) in [6, 6.07) is 7.95. The van der Waals surface area contributed by atoms with Crippen LogP contribution in [0.3, 0.4) is 0 Å². The molecule has 1 amide bonds. The van der Waals surface area contributed by atoms with Gasteiger partial charge >= 0.3 is 0 Å². The van der Waals surface area contributed by atoms with Gasteiger partial charge in [-0.1, -0.05) is 6.07 Å². The number of aliphatic hydroxyl groups is 1. The first-order chi connectivity index (χ1) is 14.3. The molecule has 1 unspecified atom stereocenters. The van der Waals surface area contributed by atoms with Crippen molar-refractivity contribution in [2.24, 2.45) is 0 Å². The van der Waals surface area contributed by atoms with E-state index in [0.717, 1.165) is 10.6 Å². The smallest absolute Gasteiger partial charge is 0.296 e. The number of ketones is 1. The van der Waals surface area contributed by atoms with Gasteiger partial charge in [0, 0.05) is 17.0 Å². The Balaban J connectivity index is 1.88. The Bertz CT molecular complexity index is 1180. The Hall–Kier alpha value is -3.37. The van der Waals surface area contributed by atoms with Crippen LogP contribution in [0.15, 0.2) is 53.1 Å². The number of amides is 1. The van der Waals surface area contributed by atoms with Crippen LogP contribution in [0.1, 0.15) is 31.8 Å². The van der Waals surface area contributed by atoms with Crippen molar-refractivity contribution in [2.75, 3.05) is 4.90 Å². The van der Waals surface area contributed by atoms with Crippen LogP contribution in [0.25, 0.3) is 0 Å². The maximum Gasteiger partial charge on any atom is 0.296 e. The predicted octanol–water partition coefficient (Wildman–Crippen LogP) is 4.51. The number of nitrogens with zero attached hydrogens (tertiary/aromatic N) is 3. The minimum Gasteiger partial charge on any atom is -0.503 e. The number of hydrogen-bond donors (Lipinski definition) is 1. The van der Waals surface area contributed by atoms with Gasteiger partial charge in [-0.2, -0.15) is 0 Å². The number of non-ortho nitro benzene ring substituents is 1. The molecule has 30 heavy (non-hydrogen) atoms. The molecular weight excluding hydrogens is 426 g/mol. The first-order valence-corrected chi connectivity index (χ1v) is 10.5. The van der Waals surface area contributed by atoms with E-state index in [1.807, 2.05) is 13.8 Å². The third-order valence-electron chi connectivity index (χ3n) is 4.84. The summed E-state index contributed by atoms with van der Waals surface area (Å²) in [4.78, 5) is 43.6. The Labute approximate surface area is 178 Å². The molecule has 4 rings (SSSR count). The third kappa shape index (κ3) is 3.19. The van der Waals surface area contributed by atoms with Crippen molar-refractivity contribution in [2.45, 2.75) is 19.9 Å². The zero-order valence-electron chi connectivity index (χ0n) is 15.9. The average Bonchev–Trinajstić information content (AvgIpc) is 3.42. The number of anilines is 1. The van der Waals surface area contributed by atoms with E-state index >= 15 is 0 Å². The van der Waals surface area contributed by atoms with Crippen LogP contribution in [-0.2, 0) is 4.79 Å². The van der Waals surface area contributed by atoms with Gasteiger partial charge in [-0.05, 0) is 43.0 Å². The number of aryl methyl sites for hydroxylation is 2. The van der Waals surface area contributed by atoms with E-state index in [-0.39, 0.29) is 11.3 Å². The maximum absolute atomic E-state index is 13.2. The van der Waals surface area contributed by atoms with E-state index in [4.69, 9.17) is 0 Å². The molecule has 1 N–H and O–H groups in total. The van der Waals surface area contributed by atoms with Crippen molar-refractivity contribution in [1.82, 2.24) is 4.98 Å². The number of aliphatic hydroxyl groups excluding tert-OH is 1. The number of carbonyl (C=O) groups excluding carboxylic acids is 2. The Morgan fingerprint density at radius 1 is 1.23 bits per heavy atom. The van der Waals surface area contributed by atoms with Crippen molar-refractivity contribution in [1.29, 1.82) is 0 Å². The zero-order chi connectivity index (χ0) is 21.6. The number of rotatable bonds is 5. The average molecular weight is 441 g/mol. The van der Waals surface area contributed by atoms with Gasteiger partial charge in [-0.25, -0.2) is 4.98 Å². The highest BCUT2D eigenvalue weighted by atomic mass is 32.1. The quantitative estimate of drug-likeness (QED) is 0.354. The molecule has 0 aliphatic carbocycles. The fourth-order valence-corrected chi connectivity index (χ4v) is 4.84. The molecule has 2 aromatic heterocycles. The maximum atomic E-state index is 13.2. The molecule has 8 nitrogen and oxygen atoms in total. The van der Waals surface area contributed by atoms with Crippen LogP contribution in [-0.4, -0.2) is 26.7 Å². The Kier molecular flexibility index (Phi) is 4.96. The van der Waals surface area contributed by atoms with Crippen LogP contribution in [0.2, 0.25) is 0 Å². The molecule has 0 fully saturated rings. The molecule has 1 aliphatic rings. The number of thiazole rings is 1. The highest BCUT2D eigenvalue weighted by Crippen LogP contribution is 2.44. The molecule has 0 saturated heterocycles. The summed E-state index contributed by atoms with van der Waals surface area (Å²) in [6.45, 7) is 3.67. The minimum absolute atomic E-state index is 0.0678. The lowest BCUT2D eigenvalue weighted by molar-refractivity contribution is -0.384. The van der Waals surface area contributed by atoms with Gasteiger partial charge < -0.3 is 5.11 Å². The summed E-state index contributed by atoms with van der Waals surface area (Å²) in [5, 5.41) is 23.7. The summed E-state index contributed by atoms with van der Waals surface area (Å²) in [7, 11) is 0. The van der Waals surface area contributed by atoms with Crippen LogP contribution in [0.4, 0.5) is 10.8 Å². The first kappa shape index (κ1) is 19.9. The standard InChI is InChI=1S/C20H15N3O5S2/c1-10-11(2)30-20(21-10)22-16(12-5-7-13(8-6-12)23(27)28)15(18(25)19(22)26)17(24)14-4-3-9-29-14/h3-9,16,25H,1-2H3. The fraction of sp³-hybridized carbons (Fsp3) is 0.150. The molecular formula is C20H15N3O5S2. The fourth-order valence-electron chi connectivity index (χ4n) is 3.23. The normalized spacial score (nSPS) is 16.4. The molecule has 1 atom stereocenters. The SMILES string of the molecule is Cc1nc(N2C(=O)C(O)=C(C(=O)c3cccs3)C2c2ccc([N+](=O)[O-])cc2)sc1C. The van der Waals surface area contributed by atoms with Gasteiger partial charge in [0.1, 0.15) is 0 Å². The van der Waals surface area contributed by atoms with E-state index in [9.17, 15) is 24.8 Å². The molecule has 0 saturated carbocycles. The predicted molar refractivity (Wildman–Crippen MR) is 113 cm³/mol. The van der Waals surface area contributed by atoms with E-state index in [2.05, 4.69) is 4.98 Å². The van der Waals surface area contributed by atoms with Gasteiger partial charge in [0.15, 0.2) is 10.9 Å². The van der Waals surface area contributed by atoms with Gasteiger partial charge in [-0.3, -0.25) is 24.6 Å². The summed E-state index contributed by atoms with van der Waals surface area (Å²) in [5.41, 5.74) is 1.02. The molecule has 0 bridgehead atoms. The molecule has 1 aromatic carbocycles. The highest BCUT2D eigenvalue weighted by molar-refractivity contribution is 7.16. The van der Waals surface area contributed by atoms with Crippen LogP contribution in [0.5, 0.6) is 0 Å². The third-order valence-corrected chi connectivity index (χ3v) is 6.78. The van der Waals surface area contributed by atoms with E-state index in [1.165, 1.54) is 51.8 Å². The lowest BCUT2D eigenvalue weighted by Crippen LogP contribution is -2.31. The lowest BCUT2D eigenvalue weighted by Gasteiger charge is -2.24. The topological polar surface area (TPSA) is 114 Å². The number of nitro benzene ring substituents is 1. The molecule has 0 radical (unpaired) electrons. The second kappa shape index (κ2) is 7.47. The Morgan fingerprint density at radius 3 is 2.47 bits per heavy atom. The summed E-state index contributed by atoms with van der Waals surface area (Å²) >= 11 is 2.48. The summed E-state index contributed by atoms with van der Waals surface area (Å²) in [6.07, 6.45) is 0. The lowest BCUT2D eigenvalue weighted by atomic mass is 9.95. The van der Waals surface area contributed by atoms with E-state index in [0.29, 0.717) is 15.6 Å².